The fourth-order valence-electron chi connectivity index (χ4n) is 2.57. The molecule has 3 aromatic rings. The Bertz CT molecular complexity index is 898. The van der Waals surface area contributed by atoms with Crippen LogP contribution in [-0.4, -0.2) is 23.5 Å². The van der Waals surface area contributed by atoms with Gasteiger partial charge in [0.1, 0.15) is 5.69 Å². The molecule has 24 heavy (non-hydrogen) atoms. The number of hydrogen-bond acceptors (Lipinski definition) is 3. The van der Waals surface area contributed by atoms with Crippen LogP contribution in [0.5, 0.6) is 0 Å². The van der Waals surface area contributed by atoms with Crippen molar-refractivity contribution in [2.24, 2.45) is 0 Å². The highest BCUT2D eigenvalue weighted by Gasteiger charge is 2.21. The summed E-state index contributed by atoms with van der Waals surface area (Å²) >= 11 is 0. The van der Waals surface area contributed by atoms with Gasteiger partial charge >= 0.3 is 5.97 Å². The van der Waals surface area contributed by atoms with Gasteiger partial charge in [-0.3, -0.25) is 4.79 Å². The molecule has 0 atom stereocenters. The van der Waals surface area contributed by atoms with Crippen molar-refractivity contribution in [2.75, 3.05) is 11.9 Å². The lowest BCUT2D eigenvalue weighted by Crippen LogP contribution is -2.15. The second-order valence-corrected chi connectivity index (χ2v) is 5.46. The highest BCUT2D eigenvalue weighted by Crippen LogP contribution is 2.29. The monoisotopic (exact) mass is 322 g/mol. The van der Waals surface area contributed by atoms with Crippen molar-refractivity contribution in [3.05, 3.63) is 65.4 Å². The first-order chi connectivity index (χ1) is 11.6. The minimum atomic E-state index is -0.491. The molecule has 5 heteroatoms. The Kier molecular flexibility index (Phi) is 4.33. The molecule has 122 valence electrons. The van der Waals surface area contributed by atoms with Gasteiger partial charge in [0.15, 0.2) is 0 Å². The van der Waals surface area contributed by atoms with Crippen molar-refractivity contribution in [1.29, 1.82) is 0 Å². The Labute approximate surface area is 139 Å². The van der Waals surface area contributed by atoms with Crippen LogP contribution in [0.1, 0.15) is 33.3 Å². The minimum absolute atomic E-state index is 0.252. The highest BCUT2D eigenvalue weighted by molar-refractivity contribution is 6.14. The third-order valence-corrected chi connectivity index (χ3v) is 3.71. The van der Waals surface area contributed by atoms with E-state index in [1.165, 1.54) is 0 Å². The second kappa shape index (κ2) is 6.58. The van der Waals surface area contributed by atoms with Crippen molar-refractivity contribution in [3.8, 4) is 0 Å². The van der Waals surface area contributed by atoms with Crippen LogP contribution in [0.25, 0.3) is 10.9 Å². The first-order valence-corrected chi connectivity index (χ1v) is 7.76. The first-order valence-electron chi connectivity index (χ1n) is 7.76. The summed E-state index contributed by atoms with van der Waals surface area (Å²) in [5.41, 5.74) is 3.02. The van der Waals surface area contributed by atoms with Crippen LogP contribution in [0, 0.1) is 6.92 Å². The topological polar surface area (TPSA) is 71.2 Å². The molecule has 1 amide bonds. The van der Waals surface area contributed by atoms with Crippen LogP contribution in [-0.2, 0) is 4.74 Å². The molecule has 0 saturated carbocycles. The maximum absolute atomic E-state index is 12.5. The molecular formula is C19H18N2O3. The van der Waals surface area contributed by atoms with Gasteiger partial charge < -0.3 is 15.0 Å². The Morgan fingerprint density at radius 2 is 1.88 bits per heavy atom. The van der Waals surface area contributed by atoms with Gasteiger partial charge in [-0.05, 0) is 38.1 Å². The molecule has 0 saturated heterocycles. The maximum Gasteiger partial charge on any atom is 0.356 e. The lowest BCUT2D eigenvalue weighted by atomic mass is 10.1. The molecule has 1 heterocycles. The zero-order chi connectivity index (χ0) is 17.1. The Morgan fingerprint density at radius 1 is 1.12 bits per heavy atom. The normalized spacial score (nSPS) is 10.6. The summed E-state index contributed by atoms with van der Waals surface area (Å²) in [5.74, 6) is -0.765. The summed E-state index contributed by atoms with van der Waals surface area (Å²) < 4.78 is 5.09. The number of aryl methyl sites for hydroxylation is 1. The summed E-state index contributed by atoms with van der Waals surface area (Å²) in [4.78, 5) is 27.8. The zero-order valence-corrected chi connectivity index (χ0v) is 13.6. The standard InChI is InChI=1S/C19H18N2O3/c1-3-24-19(23)17-16(14-11-12(2)9-10-15(14)20-17)21-18(22)13-7-5-4-6-8-13/h4-11,20H,3H2,1-2H3,(H,21,22). The number of ether oxygens (including phenoxy) is 1. The molecule has 2 aromatic carbocycles. The molecule has 3 rings (SSSR count). The Balaban J connectivity index is 2.06. The number of fused-ring (bicyclic) bond motifs is 1. The van der Waals surface area contributed by atoms with Gasteiger partial charge in [-0.2, -0.15) is 0 Å². The van der Waals surface area contributed by atoms with Crippen molar-refractivity contribution < 1.29 is 14.3 Å². The van der Waals surface area contributed by atoms with E-state index < -0.39 is 5.97 Å². The largest absolute Gasteiger partial charge is 0.461 e. The van der Waals surface area contributed by atoms with Gasteiger partial charge in [0.25, 0.3) is 5.91 Å². The van der Waals surface area contributed by atoms with E-state index in [0.29, 0.717) is 11.3 Å². The lowest BCUT2D eigenvalue weighted by Gasteiger charge is -2.07. The van der Waals surface area contributed by atoms with Crippen molar-refractivity contribution in [2.45, 2.75) is 13.8 Å². The highest BCUT2D eigenvalue weighted by atomic mass is 16.5. The number of benzene rings is 2. The van der Waals surface area contributed by atoms with Crippen molar-refractivity contribution in [3.63, 3.8) is 0 Å². The number of hydrogen-bond donors (Lipinski definition) is 2. The summed E-state index contributed by atoms with van der Waals surface area (Å²) in [7, 11) is 0. The van der Waals surface area contributed by atoms with Crippen LogP contribution in [0.4, 0.5) is 5.69 Å². The summed E-state index contributed by atoms with van der Waals surface area (Å²) in [6.45, 7) is 3.96. The fourth-order valence-corrected chi connectivity index (χ4v) is 2.57. The number of esters is 1. The van der Waals surface area contributed by atoms with Gasteiger partial charge in [0.05, 0.1) is 12.3 Å². The van der Waals surface area contributed by atoms with Gasteiger partial charge in [-0.25, -0.2) is 4.79 Å². The molecule has 0 aliphatic carbocycles. The van der Waals surface area contributed by atoms with E-state index in [2.05, 4.69) is 10.3 Å². The number of carbonyl (C=O) groups is 2. The third kappa shape index (κ3) is 3.01. The molecule has 0 aliphatic rings. The number of rotatable bonds is 4. The van der Waals surface area contributed by atoms with Crippen molar-refractivity contribution >= 4 is 28.5 Å². The number of amides is 1. The average molecular weight is 322 g/mol. The molecule has 0 radical (unpaired) electrons. The van der Waals surface area contributed by atoms with Crippen LogP contribution in [0.15, 0.2) is 48.5 Å². The predicted molar refractivity (Wildman–Crippen MR) is 93.4 cm³/mol. The Morgan fingerprint density at radius 3 is 2.58 bits per heavy atom. The molecular weight excluding hydrogens is 304 g/mol. The minimum Gasteiger partial charge on any atom is -0.461 e. The zero-order valence-electron chi connectivity index (χ0n) is 13.6. The maximum atomic E-state index is 12.5. The SMILES string of the molecule is CCOC(=O)c1[nH]c2ccc(C)cc2c1NC(=O)c1ccccc1. The van der Waals surface area contributed by atoms with Gasteiger partial charge in [-0.15, -0.1) is 0 Å². The average Bonchev–Trinajstić information content (AvgIpc) is 2.94. The number of anilines is 1. The molecule has 0 aliphatic heterocycles. The van der Waals surface area contributed by atoms with Crippen LogP contribution < -0.4 is 5.32 Å². The molecule has 0 spiro atoms. The number of carbonyl (C=O) groups excluding carboxylic acids is 2. The number of nitrogens with one attached hydrogen (secondary N) is 2. The van der Waals surface area contributed by atoms with Gasteiger partial charge in [-0.1, -0.05) is 29.8 Å². The predicted octanol–water partition coefficient (Wildman–Crippen LogP) is 3.91. The van der Waals surface area contributed by atoms with Crippen LogP contribution >= 0.6 is 0 Å². The fraction of sp³-hybridized carbons (Fsp3) is 0.158. The van der Waals surface area contributed by atoms with E-state index in [0.717, 1.165) is 16.5 Å². The molecule has 2 N–H and O–H groups in total. The second-order valence-electron chi connectivity index (χ2n) is 5.46. The van der Waals surface area contributed by atoms with E-state index in [9.17, 15) is 9.59 Å². The van der Waals surface area contributed by atoms with E-state index in [-0.39, 0.29) is 18.2 Å². The van der Waals surface area contributed by atoms with Gasteiger partial charge in [0, 0.05) is 16.5 Å². The van der Waals surface area contributed by atoms with Crippen LogP contribution in [0.2, 0.25) is 0 Å². The van der Waals surface area contributed by atoms with E-state index in [1.807, 2.05) is 31.2 Å². The quantitative estimate of drug-likeness (QED) is 0.716. The summed E-state index contributed by atoms with van der Waals surface area (Å²) in [6.07, 6.45) is 0. The molecule has 5 nitrogen and oxygen atoms in total. The third-order valence-electron chi connectivity index (χ3n) is 3.71. The number of aromatic nitrogens is 1. The first kappa shape index (κ1) is 15.8. The number of H-pyrrole nitrogens is 1. The summed E-state index contributed by atoms with van der Waals surface area (Å²) in [5, 5.41) is 3.63. The molecule has 1 aromatic heterocycles. The lowest BCUT2D eigenvalue weighted by molar-refractivity contribution is 0.0522. The van der Waals surface area contributed by atoms with Gasteiger partial charge in [0.2, 0.25) is 0 Å². The van der Waals surface area contributed by atoms with Crippen LogP contribution in [0.3, 0.4) is 0 Å². The molecule has 0 fully saturated rings. The number of aromatic amines is 1. The smallest absolute Gasteiger partial charge is 0.356 e. The Hall–Kier alpha value is -3.08. The van der Waals surface area contributed by atoms with E-state index >= 15 is 0 Å². The van der Waals surface area contributed by atoms with Crippen molar-refractivity contribution in [1.82, 2.24) is 4.98 Å². The summed E-state index contributed by atoms with van der Waals surface area (Å²) in [6, 6.07) is 14.6. The molecule has 0 bridgehead atoms. The van der Waals surface area contributed by atoms with E-state index in [1.54, 1.807) is 31.2 Å². The van der Waals surface area contributed by atoms with E-state index in [4.69, 9.17) is 4.74 Å². The molecule has 0 unspecified atom stereocenters.